The van der Waals surface area contributed by atoms with Crippen LogP contribution in [0.4, 0.5) is 11.4 Å². The summed E-state index contributed by atoms with van der Waals surface area (Å²) in [6, 6.07) is 16.5. The predicted octanol–water partition coefficient (Wildman–Crippen LogP) is 4.72. The van der Waals surface area contributed by atoms with Crippen molar-refractivity contribution in [2.24, 2.45) is 0 Å². The Hall–Kier alpha value is -3.34. The third-order valence-electron chi connectivity index (χ3n) is 4.27. The molecule has 0 fully saturated rings. The van der Waals surface area contributed by atoms with E-state index >= 15 is 0 Å². The molecule has 5 heteroatoms. The first kappa shape index (κ1) is 18.5. The smallest absolute Gasteiger partial charge is 0.291 e. The number of hydrogen-bond acceptors (Lipinski definition) is 3. The van der Waals surface area contributed by atoms with E-state index in [1.165, 1.54) is 23.0 Å². The molecule has 2 amide bonds. The quantitative estimate of drug-likeness (QED) is 0.666. The maximum absolute atomic E-state index is 12.3. The summed E-state index contributed by atoms with van der Waals surface area (Å²) in [5, 5.41) is 5.62. The Labute approximate surface area is 158 Å². The summed E-state index contributed by atoms with van der Waals surface area (Å²) in [4.78, 5) is 24.3. The molecule has 3 rings (SSSR count). The Bertz CT molecular complexity index is 946. The van der Waals surface area contributed by atoms with Crippen molar-refractivity contribution in [1.82, 2.24) is 0 Å². The number of benzene rings is 2. The second kappa shape index (κ2) is 8.36. The van der Waals surface area contributed by atoms with Gasteiger partial charge in [0.2, 0.25) is 5.91 Å². The fourth-order valence-corrected chi connectivity index (χ4v) is 2.87. The number of nitrogens with one attached hydrogen (secondary N) is 2. The highest BCUT2D eigenvalue weighted by atomic mass is 16.3. The number of amides is 2. The van der Waals surface area contributed by atoms with Gasteiger partial charge < -0.3 is 15.1 Å². The summed E-state index contributed by atoms with van der Waals surface area (Å²) < 4.78 is 5.07. The van der Waals surface area contributed by atoms with Crippen molar-refractivity contribution in [3.63, 3.8) is 0 Å². The molecule has 138 valence electrons. The van der Waals surface area contributed by atoms with Crippen LogP contribution in [0.1, 0.15) is 33.7 Å². The molecule has 0 unspecified atom stereocenters. The van der Waals surface area contributed by atoms with Crippen molar-refractivity contribution in [2.45, 2.75) is 26.7 Å². The number of anilines is 2. The van der Waals surface area contributed by atoms with Crippen LogP contribution in [0.25, 0.3) is 0 Å². The lowest BCUT2D eigenvalue weighted by atomic mass is 10.0. The van der Waals surface area contributed by atoms with E-state index in [4.69, 9.17) is 4.42 Å². The second-order valence-electron chi connectivity index (χ2n) is 6.49. The van der Waals surface area contributed by atoms with Gasteiger partial charge in [-0.05, 0) is 61.7 Å². The van der Waals surface area contributed by atoms with Crippen LogP contribution in [-0.2, 0) is 11.2 Å². The zero-order chi connectivity index (χ0) is 19.2. The summed E-state index contributed by atoms with van der Waals surface area (Å²) in [5.74, 6) is -0.166. The van der Waals surface area contributed by atoms with Crippen LogP contribution >= 0.6 is 0 Å². The third kappa shape index (κ3) is 5.07. The standard InChI is InChI=1S/C22H22N2O3/c1-15-8-9-17(16(2)13-15)10-11-21(25)23-18-5-3-6-19(14-18)24-22(26)20-7-4-12-27-20/h3-9,12-14H,10-11H2,1-2H3,(H,23,25)(H,24,26). The topological polar surface area (TPSA) is 71.3 Å². The highest BCUT2D eigenvalue weighted by molar-refractivity contribution is 6.02. The average Bonchev–Trinajstić information content (AvgIpc) is 3.16. The molecular weight excluding hydrogens is 340 g/mol. The summed E-state index contributed by atoms with van der Waals surface area (Å²) >= 11 is 0. The zero-order valence-electron chi connectivity index (χ0n) is 15.4. The maximum Gasteiger partial charge on any atom is 0.291 e. The fourth-order valence-electron chi connectivity index (χ4n) is 2.87. The normalized spacial score (nSPS) is 10.4. The first-order valence-corrected chi connectivity index (χ1v) is 8.82. The van der Waals surface area contributed by atoms with Crippen molar-refractivity contribution in [3.8, 4) is 0 Å². The van der Waals surface area contributed by atoms with Crippen LogP contribution in [0.15, 0.2) is 65.3 Å². The molecule has 3 aromatic rings. The molecule has 2 N–H and O–H groups in total. The number of carbonyl (C=O) groups is 2. The molecule has 0 saturated carbocycles. The molecule has 2 aromatic carbocycles. The molecule has 0 atom stereocenters. The molecule has 1 aromatic heterocycles. The van der Waals surface area contributed by atoms with Gasteiger partial charge in [0, 0.05) is 17.8 Å². The molecule has 0 saturated heterocycles. The molecular formula is C22H22N2O3. The van der Waals surface area contributed by atoms with Gasteiger partial charge in [0.1, 0.15) is 0 Å². The van der Waals surface area contributed by atoms with E-state index in [2.05, 4.69) is 42.7 Å². The predicted molar refractivity (Wildman–Crippen MR) is 106 cm³/mol. The summed E-state index contributed by atoms with van der Waals surface area (Å²) in [6.07, 6.45) is 2.53. The minimum atomic E-state index is -0.335. The van der Waals surface area contributed by atoms with Crippen molar-refractivity contribution in [2.75, 3.05) is 10.6 Å². The van der Waals surface area contributed by atoms with Gasteiger partial charge in [-0.1, -0.05) is 29.8 Å². The number of hydrogen-bond donors (Lipinski definition) is 2. The molecule has 0 aliphatic carbocycles. The van der Waals surface area contributed by atoms with Gasteiger partial charge in [0.05, 0.1) is 6.26 Å². The maximum atomic E-state index is 12.3. The van der Waals surface area contributed by atoms with E-state index in [-0.39, 0.29) is 17.6 Å². The van der Waals surface area contributed by atoms with Gasteiger partial charge in [-0.25, -0.2) is 0 Å². The highest BCUT2D eigenvalue weighted by Gasteiger charge is 2.10. The number of aryl methyl sites for hydroxylation is 3. The van der Waals surface area contributed by atoms with E-state index in [0.717, 1.165) is 0 Å². The van der Waals surface area contributed by atoms with E-state index in [1.807, 2.05) is 0 Å². The van der Waals surface area contributed by atoms with Crippen molar-refractivity contribution in [3.05, 3.63) is 83.3 Å². The molecule has 0 aliphatic rings. The van der Waals surface area contributed by atoms with E-state index in [9.17, 15) is 9.59 Å². The molecule has 5 nitrogen and oxygen atoms in total. The van der Waals surface area contributed by atoms with Crippen molar-refractivity contribution < 1.29 is 14.0 Å². The minimum Gasteiger partial charge on any atom is -0.459 e. The number of furan rings is 1. The van der Waals surface area contributed by atoms with Crippen LogP contribution in [0, 0.1) is 13.8 Å². The van der Waals surface area contributed by atoms with Crippen LogP contribution in [0.5, 0.6) is 0 Å². The summed E-state index contributed by atoms with van der Waals surface area (Å²) in [5.41, 5.74) is 4.82. The lowest BCUT2D eigenvalue weighted by molar-refractivity contribution is -0.116. The molecule has 0 aliphatic heterocycles. The second-order valence-corrected chi connectivity index (χ2v) is 6.49. The number of rotatable bonds is 6. The number of carbonyl (C=O) groups excluding carboxylic acids is 2. The largest absolute Gasteiger partial charge is 0.459 e. The van der Waals surface area contributed by atoms with Gasteiger partial charge in [-0.3, -0.25) is 9.59 Å². The van der Waals surface area contributed by atoms with Crippen LogP contribution in [0.3, 0.4) is 0 Å². The van der Waals surface area contributed by atoms with E-state index in [1.54, 1.807) is 36.4 Å². The Morgan fingerprint density at radius 3 is 2.41 bits per heavy atom. The summed E-state index contributed by atoms with van der Waals surface area (Å²) in [7, 11) is 0. The van der Waals surface area contributed by atoms with Gasteiger partial charge in [-0.15, -0.1) is 0 Å². The minimum absolute atomic E-state index is 0.0653. The first-order valence-electron chi connectivity index (χ1n) is 8.82. The summed E-state index contributed by atoms with van der Waals surface area (Å²) in [6.45, 7) is 4.12. The third-order valence-corrected chi connectivity index (χ3v) is 4.27. The Morgan fingerprint density at radius 1 is 0.926 bits per heavy atom. The van der Waals surface area contributed by atoms with Gasteiger partial charge in [0.15, 0.2) is 5.76 Å². The lowest BCUT2D eigenvalue weighted by Gasteiger charge is -2.09. The molecule has 1 heterocycles. The first-order chi connectivity index (χ1) is 13.0. The molecule has 27 heavy (non-hydrogen) atoms. The Balaban J connectivity index is 1.57. The van der Waals surface area contributed by atoms with Gasteiger partial charge >= 0.3 is 0 Å². The highest BCUT2D eigenvalue weighted by Crippen LogP contribution is 2.17. The Kier molecular flexibility index (Phi) is 5.71. The van der Waals surface area contributed by atoms with Crippen LogP contribution < -0.4 is 10.6 Å². The average molecular weight is 362 g/mol. The van der Waals surface area contributed by atoms with Crippen molar-refractivity contribution in [1.29, 1.82) is 0 Å². The Morgan fingerprint density at radius 2 is 1.70 bits per heavy atom. The zero-order valence-corrected chi connectivity index (χ0v) is 15.4. The monoisotopic (exact) mass is 362 g/mol. The SMILES string of the molecule is Cc1ccc(CCC(=O)Nc2cccc(NC(=O)c3ccco3)c2)c(C)c1. The van der Waals surface area contributed by atoms with Gasteiger partial charge in [0.25, 0.3) is 5.91 Å². The molecule has 0 spiro atoms. The van der Waals surface area contributed by atoms with Gasteiger partial charge in [-0.2, -0.15) is 0 Å². The van der Waals surface area contributed by atoms with E-state index < -0.39 is 0 Å². The fraction of sp³-hybridized carbons (Fsp3) is 0.182. The van der Waals surface area contributed by atoms with Crippen molar-refractivity contribution >= 4 is 23.2 Å². The molecule has 0 radical (unpaired) electrons. The van der Waals surface area contributed by atoms with E-state index in [0.29, 0.717) is 24.2 Å². The van der Waals surface area contributed by atoms with Crippen LogP contribution in [-0.4, -0.2) is 11.8 Å². The molecule has 0 bridgehead atoms. The lowest BCUT2D eigenvalue weighted by Crippen LogP contribution is -2.14. The van der Waals surface area contributed by atoms with Crippen LogP contribution in [0.2, 0.25) is 0 Å².